The Balaban J connectivity index is 1.81. The maximum absolute atomic E-state index is 11.9. The van der Waals surface area contributed by atoms with E-state index in [1.165, 1.54) is 0 Å². The molecule has 1 fully saturated rings. The van der Waals surface area contributed by atoms with Gasteiger partial charge in [-0.1, -0.05) is 28.4 Å². The fraction of sp³-hybridized carbons (Fsp3) is 0.467. The molecular weight excluding hydrogens is 334 g/mol. The second-order valence-electron chi connectivity index (χ2n) is 5.23. The molecule has 2 rings (SSSR count). The molecule has 1 saturated heterocycles. The fourth-order valence-corrected chi connectivity index (χ4v) is 2.65. The number of carbonyl (C=O) groups is 2. The van der Waals surface area contributed by atoms with Crippen LogP contribution in [0.3, 0.4) is 0 Å². The van der Waals surface area contributed by atoms with E-state index in [9.17, 15) is 9.59 Å². The number of aryl methyl sites for hydroxylation is 1. The van der Waals surface area contributed by atoms with Gasteiger partial charge in [0.05, 0.1) is 12.6 Å². The zero-order chi connectivity index (χ0) is 15.2. The molecule has 0 spiro atoms. The second kappa shape index (κ2) is 7.56. The van der Waals surface area contributed by atoms with Crippen molar-refractivity contribution in [1.29, 1.82) is 0 Å². The second-order valence-corrected chi connectivity index (χ2v) is 6.14. The molecule has 0 aromatic heterocycles. The van der Waals surface area contributed by atoms with Crippen LogP contribution in [0.25, 0.3) is 0 Å². The van der Waals surface area contributed by atoms with Gasteiger partial charge in [-0.25, -0.2) is 0 Å². The molecule has 1 aliphatic rings. The van der Waals surface area contributed by atoms with E-state index in [-0.39, 0.29) is 24.4 Å². The van der Waals surface area contributed by atoms with E-state index >= 15 is 0 Å². The Labute approximate surface area is 133 Å². The lowest BCUT2D eigenvalue weighted by Gasteiger charge is -2.22. The Kier molecular flexibility index (Phi) is 5.76. The van der Waals surface area contributed by atoms with E-state index in [0.717, 1.165) is 41.5 Å². The van der Waals surface area contributed by atoms with E-state index < -0.39 is 0 Å². The molecule has 0 aliphatic carbocycles. The van der Waals surface area contributed by atoms with E-state index in [2.05, 4.69) is 31.9 Å². The third-order valence-corrected chi connectivity index (χ3v) is 4.02. The lowest BCUT2D eigenvalue weighted by Crippen LogP contribution is -2.48. The maximum atomic E-state index is 11.9. The number of anilines is 1. The van der Waals surface area contributed by atoms with Gasteiger partial charge < -0.3 is 16.0 Å². The molecule has 1 atom stereocenters. The molecule has 1 aliphatic heterocycles. The first kappa shape index (κ1) is 16.0. The average Bonchev–Trinajstić information content (AvgIpc) is 2.49. The van der Waals surface area contributed by atoms with Crippen molar-refractivity contribution >= 4 is 33.4 Å². The van der Waals surface area contributed by atoms with Gasteiger partial charge in [0.15, 0.2) is 0 Å². The highest BCUT2D eigenvalue weighted by atomic mass is 79.9. The van der Waals surface area contributed by atoms with Crippen LogP contribution in [-0.4, -0.2) is 30.9 Å². The Hall–Kier alpha value is -1.40. The van der Waals surface area contributed by atoms with E-state index in [0.29, 0.717) is 0 Å². The van der Waals surface area contributed by atoms with Crippen LogP contribution in [0.2, 0.25) is 0 Å². The molecule has 0 saturated carbocycles. The van der Waals surface area contributed by atoms with Crippen LogP contribution < -0.4 is 16.0 Å². The summed E-state index contributed by atoms with van der Waals surface area (Å²) in [7, 11) is 0. The Morgan fingerprint density at radius 2 is 2.19 bits per heavy atom. The molecule has 1 unspecified atom stereocenters. The summed E-state index contributed by atoms with van der Waals surface area (Å²) in [5.74, 6) is -0.323. The number of halogens is 1. The summed E-state index contributed by atoms with van der Waals surface area (Å²) in [6.07, 6.45) is 2.99. The fourth-order valence-electron chi connectivity index (χ4n) is 2.29. The molecule has 114 valence electrons. The summed E-state index contributed by atoms with van der Waals surface area (Å²) in [5.41, 5.74) is 1.73. The molecule has 21 heavy (non-hydrogen) atoms. The van der Waals surface area contributed by atoms with Crippen molar-refractivity contribution < 1.29 is 9.59 Å². The molecule has 5 nitrogen and oxygen atoms in total. The van der Waals surface area contributed by atoms with Gasteiger partial charge in [-0.3, -0.25) is 9.59 Å². The molecule has 0 radical (unpaired) electrons. The minimum Gasteiger partial charge on any atom is -0.346 e. The van der Waals surface area contributed by atoms with Gasteiger partial charge in [-0.05, 0) is 44.0 Å². The normalized spacial score (nSPS) is 18.1. The Morgan fingerprint density at radius 1 is 1.38 bits per heavy atom. The van der Waals surface area contributed by atoms with Crippen LogP contribution in [0.1, 0.15) is 24.8 Å². The highest BCUT2D eigenvalue weighted by Crippen LogP contribution is 2.20. The molecule has 2 amide bonds. The third-order valence-electron chi connectivity index (χ3n) is 3.52. The van der Waals surface area contributed by atoms with Gasteiger partial charge in [0.25, 0.3) is 0 Å². The van der Waals surface area contributed by atoms with Crippen LogP contribution in [-0.2, 0) is 9.59 Å². The van der Waals surface area contributed by atoms with Crippen LogP contribution in [0.15, 0.2) is 22.7 Å². The monoisotopic (exact) mass is 353 g/mol. The molecule has 3 N–H and O–H groups in total. The number of benzene rings is 1. The first-order valence-electron chi connectivity index (χ1n) is 7.13. The van der Waals surface area contributed by atoms with Gasteiger partial charge in [-0.2, -0.15) is 0 Å². The molecule has 6 heteroatoms. The quantitative estimate of drug-likeness (QED) is 0.774. The van der Waals surface area contributed by atoms with Gasteiger partial charge in [0.1, 0.15) is 0 Å². The van der Waals surface area contributed by atoms with Crippen LogP contribution in [0.4, 0.5) is 5.69 Å². The zero-order valence-electron chi connectivity index (χ0n) is 12.0. The van der Waals surface area contributed by atoms with E-state index in [1.54, 1.807) is 0 Å². The van der Waals surface area contributed by atoms with E-state index in [1.807, 2.05) is 25.1 Å². The molecular formula is C15H20BrN3O2. The minimum absolute atomic E-state index is 0.0109. The van der Waals surface area contributed by atoms with E-state index in [4.69, 9.17) is 0 Å². The molecule has 1 aromatic rings. The van der Waals surface area contributed by atoms with Crippen molar-refractivity contribution in [3.63, 3.8) is 0 Å². The van der Waals surface area contributed by atoms with Crippen molar-refractivity contribution in [2.24, 2.45) is 0 Å². The standard InChI is InChI=1S/C15H20BrN3O2/c1-10-5-6-11(16)8-13(10)19-14(20)9-18-15(21)12-4-2-3-7-17-12/h5-6,8,12,17H,2-4,7,9H2,1H3,(H,18,21)(H,19,20). The largest absolute Gasteiger partial charge is 0.346 e. The summed E-state index contributed by atoms with van der Waals surface area (Å²) in [5, 5.41) is 8.65. The average molecular weight is 354 g/mol. The predicted molar refractivity (Wildman–Crippen MR) is 86.2 cm³/mol. The van der Waals surface area contributed by atoms with Gasteiger partial charge in [0.2, 0.25) is 11.8 Å². The van der Waals surface area contributed by atoms with Crippen LogP contribution in [0.5, 0.6) is 0 Å². The number of hydrogen-bond acceptors (Lipinski definition) is 3. The summed E-state index contributed by atoms with van der Waals surface area (Å²) >= 11 is 3.37. The summed E-state index contributed by atoms with van der Waals surface area (Å²) in [4.78, 5) is 23.8. The van der Waals surface area contributed by atoms with Crippen LogP contribution >= 0.6 is 15.9 Å². The van der Waals surface area contributed by atoms with Crippen molar-refractivity contribution in [2.45, 2.75) is 32.2 Å². The number of rotatable bonds is 4. The third kappa shape index (κ3) is 4.82. The Morgan fingerprint density at radius 3 is 2.90 bits per heavy atom. The first-order chi connectivity index (χ1) is 10.1. The van der Waals surface area contributed by atoms with Crippen molar-refractivity contribution in [1.82, 2.24) is 10.6 Å². The Bertz CT molecular complexity index is 528. The minimum atomic E-state index is -0.222. The zero-order valence-corrected chi connectivity index (χ0v) is 13.6. The molecule has 1 aromatic carbocycles. The highest BCUT2D eigenvalue weighted by Gasteiger charge is 2.20. The summed E-state index contributed by atoms with van der Waals surface area (Å²) in [6.45, 7) is 2.77. The van der Waals surface area contributed by atoms with Crippen molar-refractivity contribution in [2.75, 3.05) is 18.4 Å². The van der Waals surface area contributed by atoms with Gasteiger partial charge in [0, 0.05) is 10.2 Å². The first-order valence-corrected chi connectivity index (χ1v) is 7.92. The predicted octanol–water partition coefficient (Wildman–Crippen LogP) is 1.95. The van der Waals surface area contributed by atoms with Gasteiger partial charge >= 0.3 is 0 Å². The van der Waals surface area contributed by atoms with Gasteiger partial charge in [-0.15, -0.1) is 0 Å². The highest BCUT2D eigenvalue weighted by molar-refractivity contribution is 9.10. The number of amides is 2. The smallest absolute Gasteiger partial charge is 0.243 e. The SMILES string of the molecule is Cc1ccc(Br)cc1NC(=O)CNC(=O)C1CCCCN1. The number of carbonyl (C=O) groups excluding carboxylic acids is 2. The summed E-state index contributed by atoms with van der Waals surface area (Å²) in [6, 6.07) is 5.52. The number of piperidine rings is 1. The van der Waals surface area contributed by atoms with Crippen molar-refractivity contribution in [3.05, 3.63) is 28.2 Å². The number of hydrogen-bond donors (Lipinski definition) is 3. The molecule has 1 heterocycles. The van der Waals surface area contributed by atoms with Crippen molar-refractivity contribution in [3.8, 4) is 0 Å². The number of nitrogens with one attached hydrogen (secondary N) is 3. The molecule has 0 bridgehead atoms. The lowest BCUT2D eigenvalue weighted by atomic mass is 10.0. The maximum Gasteiger partial charge on any atom is 0.243 e. The summed E-state index contributed by atoms with van der Waals surface area (Å²) < 4.78 is 0.902. The lowest BCUT2D eigenvalue weighted by molar-refractivity contribution is -0.126. The van der Waals surface area contributed by atoms with Crippen LogP contribution in [0, 0.1) is 6.92 Å². The topological polar surface area (TPSA) is 70.2 Å².